The Hall–Kier alpha value is -0.530. The molecule has 0 amide bonds. The second-order valence-electron chi connectivity index (χ2n) is 5.11. The van der Waals surface area contributed by atoms with Gasteiger partial charge in [0.05, 0.1) is 24.4 Å². The van der Waals surface area contributed by atoms with Crippen molar-refractivity contribution in [3.8, 4) is 0 Å². The number of thiazole rings is 1. The summed E-state index contributed by atoms with van der Waals surface area (Å²) in [5, 5.41) is 2.99. The fourth-order valence-corrected chi connectivity index (χ4v) is 3.71. The molecule has 2 fully saturated rings. The average molecular weight is 269 g/mol. The number of hydrogen-bond donors (Lipinski definition) is 2. The van der Waals surface area contributed by atoms with Crippen LogP contribution in [0, 0.1) is 0 Å². The van der Waals surface area contributed by atoms with Crippen molar-refractivity contribution in [2.24, 2.45) is 11.5 Å². The van der Waals surface area contributed by atoms with E-state index in [1.54, 1.807) is 11.3 Å². The lowest BCUT2D eigenvalue weighted by molar-refractivity contribution is -0.185. The minimum Gasteiger partial charge on any atom is -0.348 e. The van der Waals surface area contributed by atoms with Crippen molar-refractivity contribution in [1.82, 2.24) is 4.98 Å². The van der Waals surface area contributed by atoms with Crippen molar-refractivity contribution in [2.45, 2.75) is 43.6 Å². The second kappa shape index (κ2) is 4.54. The fraction of sp³-hybridized carbons (Fsp3) is 0.750. The Morgan fingerprint density at radius 1 is 1.22 bits per heavy atom. The Balaban J connectivity index is 1.73. The Bertz CT molecular complexity index is 419. The summed E-state index contributed by atoms with van der Waals surface area (Å²) in [6.45, 7) is 1.88. The molecule has 18 heavy (non-hydrogen) atoms. The largest absolute Gasteiger partial charge is 0.348 e. The van der Waals surface area contributed by atoms with Crippen molar-refractivity contribution >= 4 is 11.3 Å². The summed E-state index contributed by atoms with van der Waals surface area (Å²) in [5.74, 6) is -0.364. The lowest BCUT2D eigenvalue weighted by Crippen LogP contribution is -2.47. The van der Waals surface area contributed by atoms with Gasteiger partial charge in [0.25, 0.3) is 0 Å². The smallest absolute Gasteiger partial charge is 0.168 e. The minimum absolute atomic E-state index is 0.335. The van der Waals surface area contributed by atoms with Crippen LogP contribution in [-0.2, 0) is 21.6 Å². The molecule has 1 aromatic rings. The molecule has 0 aromatic carbocycles. The molecule has 5 nitrogen and oxygen atoms in total. The van der Waals surface area contributed by atoms with Gasteiger partial charge in [-0.2, -0.15) is 0 Å². The van der Waals surface area contributed by atoms with Crippen LogP contribution in [0.25, 0.3) is 0 Å². The molecule has 0 atom stereocenters. The van der Waals surface area contributed by atoms with Gasteiger partial charge >= 0.3 is 0 Å². The van der Waals surface area contributed by atoms with Crippen molar-refractivity contribution in [3.05, 3.63) is 16.1 Å². The van der Waals surface area contributed by atoms with Crippen LogP contribution >= 0.6 is 11.3 Å². The van der Waals surface area contributed by atoms with Crippen LogP contribution in [0.3, 0.4) is 0 Å². The van der Waals surface area contributed by atoms with E-state index in [1.165, 1.54) is 0 Å². The molecule has 0 bridgehead atoms. The zero-order valence-electron chi connectivity index (χ0n) is 10.4. The predicted octanol–water partition coefficient (Wildman–Crippen LogP) is 1.07. The van der Waals surface area contributed by atoms with Gasteiger partial charge in [-0.05, 0) is 12.8 Å². The first-order valence-electron chi connectivity index (χ1n) is 6.38. The molecule has 1 saturated heterocycles. The first-order chi connectivity index (χ1) is 8.66. The summed E-state index contributed by atoms with van der Waals surface area (Å²) in [7, 11) is 0. The van der Waals surface area contributed by atoms with Gasteiger partial charge in [0, 0.05) is 24.8 Å². The van der Waals surface area contributed by atoms with Crippen molar-refractivity contribution in [1.29, 1.82) is 0 Å². The van der Waals surface area contributed by atoms with Gasteiger partial charge < -0.3 is 20.9 Å². The first kappa shape index (κ1) is 12.5. The van der Waals surface area contributed by atoms with Gasteiger partial charge in [-0.3, -0.25) is 0 Å². The molecule has 0 radical (unpaired) electrons. The molecular weight excluding hydrogens is 250 g/mol. The maximum absolute atomic E-state index is 6.50. The van der Waals surface area contributed by atoms with E-state index in [0.29, 0.717) is 19.8 Å². The first-order valence-corrected chi connectivity index (χ1v) is 7.26. The van der Waals surface area contributed by atoms with E-state index in [2.05, 4.69) is 4.98 Å². The fourth-order valence-electron chi connectivity index (χ4n) is 2.71. The van der Waals surface area contributed by atoms with Crippen molar-refractivity contribution in [3.63, 3.8) is 0 Å². The van der Waals surface area contributed by atoms with Crippen LogP contribution in [0.1, 0.15) is 36.4 Å². The standard InChI is InChI=1S/C12H19N3O2S/c13-7-9-8-18-10(15-9)11(14)1-3-12(4-2-11)16-5-6-17-12/h8H,1-7,13-14H2. The highest BCUT2D eigenvalue weighted by Gasteiger charge is 2.46. The summed E-state index contributed by atoms with van der Waals surface area (Å²) < 4.78 is 11.4. The van der Waals surface area contributed by atoms with Crippen LogP contribution < -0.4 is 11.5 Å². The molecule has 0 unspecified atom stereocenters. The summed E-state index contributed by atoms with van der Waals surface area (Å²) >= 11 is 1.61. The SMILES string of the molecule is NCc1csc(C2(N)CCC3(CC2)OCCO3)n1. The molecule has 100 valence electrons. The van der Waals surface area contributed by atoms with Crippen molar-refractivity contribution in [2.75, 3.05) is 13.2 Å². The quantitative estimate of drug-likeness (QED) is 0.839. The van der Waals surface area contributed by atoms with Gasteiger partial charge in [0.1, 0.15) is 5.01 Å². The molecular formula is C12H19N3O2S. The lowest BCUT2D eigenvalue weighted by Gasteiger charge is -2.40. The highest BCUT2D eigenvalue weighted by molar-refractivity contribution is 7.09. The number of aromatic nitrogens is 1. The maximum atomic E-state index is 6.50. The number of ether oxygens (including phenoxy) is 2. The van der Waals surface area contributed by atoms with Gasteiger partial charge in [-0.1, -0.05) is 0 Å². The molecule has 2 heterocycles. The summed E-state index contributed by atoms with van der Waals surface area (Å²) in [6, 6.07) is 0. The Morgan fingerprint density at radius 2 is 1.89 bits per heavy atom. The third-order valence-electron chi connectivity index (χ3n) is 3.90. The van der Waals surface area contributed by atoms with Crippen LogP contribution in [0.4, 0.5) is 0 Å². The zero-order valence-corrected chi connectivity index (χ0v) is 11.2. The molecule has 6 heteroatoms. The lowest BCUT2D eigenvalue weighted by atomic mass is 9.80. The number of hydrogen-bond acceptors (Lipinski definition) is 6. The highest BCUT2D eigenvalue weighted by Crippen LogP contribution is 2.44. The Morgan fingerprint density at radius 3 is 2.44 bits per heavy atom. The number of nitrogens with zero attached hydrogens (tertiary/aromatic N) is 1. The van der Waals surface area contributed by atoms with E-state index in [9.17, 15) is 0 Å². The highest BCUT2D eigenvalue weighted by atomic mass is 32.1. The average Bonchev–Trinajstić information content (AvgIpc) is 3.04. The zero-order chi connectivity index (χ0) is 12.6. The van der Waals surface area contributed by atoms with Gasteiger partial charge in [0.15, 0.2) is 5.79 Å². The van der Waals surface area contributed by atoms with Crippen LogP contribution in [-0.4, -0.2) is 24.0 Å². The van der Waals surface area contributed by atoms with Gasteiger partial charge in [0.2, 0.25) is 0 Å². The molecule has 1 aliphatic carbocycles. The minimum atomic E-state index is -0.364. The maximum Gasteiger partial charge on any atom is 0.168 e. The number of rotatable bonds is 2. The van der Waals surface area contributed by atoms with Crippen molar-refractivity contribution < 1.29 is 9.47 Å². The van der Waals surface area contributed by atoms with Crippen LogP contribution in [0.5, 0.6) is 0 Å². The third kappa shape index (κ3) is 2.08. The van der Waals surface area contributed by atoms with Crippen LogP contribution in [0.2, 0.25) is 0 Å². The Labute approximate surface area is 110 Å². The summed E-state index contributed by atoms with van der Waals surface area (Å²) in [5.41, 5.74) is 12.7. The van der Waals surface area contributed by atoms with Gasteiger partial charge in [-0.25, -0.2) is 4.98 Å². The van der Waals surface area contributed by atoms with Gasteiger partial charge in [-0.15, -0.1) is 11.3 Å². The second-order valence-corrected chi connectivity index (χ2v) is 5.97. The van der Waals surface area contributed by atoms with E-state index >= 15 is 0 Å². The summed E-state index contributed by atoms with van der Waals surface area (Å²) in [4.78, 5) is 4.53. The topological polar surface area (TPSA) is 83.4 Å². The van der Waals surface area contributed by atoms with Crippen LogP contribution in [0.15, 0.2) is 5.38 Å². The third-order valence-corrected chi connectivity index (χ3v) is 5.02. The molecule has 1 aliphatic heterocycles. The molecule has 1 spiro atoms. The van der Waals surface area contributed by atoms with E-state index in [4.69, 9.17) is 20.9 Å². The normalized spacial score (nSPS) is 25.7. The van der Waals surface area contributed by atoms with E-state index < -0.39 is 0 Å². The Kier molecular flexibility index (Phi) is 3.15. The number of nitrogens with two attached hydrogens (primary N) is 2. The van der Waals surface area contributed by atoms with E-state index in [0.717, 1.165) is 36.4 Å². The molecule has 3 rings (SSSR count). The molecule has 1 saturated carbocycles. The molecule has 2 aliphatic rings. The van der Waals surface area contributed by atoms with E-state index in [-0.39, 0.29) is 11.3 Å². The molecule has 4 N–H and O–H groups in total. The molecule has 1 aromatic heterocycles. The monoisotopic (exact) mass is 269 g/mol. The summed E-state index contributed by atoms with van der Waals surface area (Å²) in [6.07, 6.45) is 3.40. The predicted molar refractivity (Wildman–Crippen MR) is 69.0 cm³/mol. The van der Waals surface area contributed by atoms with E-state index in [1.807, 2.05) is 5.38 Å².